The molecule has 4 N–H and O–H groups in total. The molecule has 0 bridgehead atoms. The highest BCUT2D eigenvalue weighted by Gasteiger charge is 2.42. The summed E-state index contributed by atoms with van der Waals surface area (Å²) in [5, 5.41) is 3.45. The SMILES string of the molecule is CCNC(=S)NNc1nc2c(c(=O)[nH]1)C1(CCCCC1)Cc1ccccc1-2. The van der Waals surface area contributed by atoms with Gasteiger partial charge in [-0.15, -0.1) is 0 Å². The molecule has 4 rings (SSSR count). The Bertz CT molecular complexity index is 917. The van der Waals surface area contributed by atoms with E-state index >= 15 is 0 Å². The number of rotatable bonds is 3. The van der Waals surface area contributed by atoms with Crippen molar-refractivity contribution in [2.75, 3.05) is 12.0 Å². The van der Waals surface area contributed by atoms with Crippen LogP contribution in [-0.2, 0) is 11.8 Å². The summed E-state index contributed by atoms with van der Waals surface area (Å²) in [6.07, 6.45) is 6.61. The zero-order valence-electron chi connectivity index (χ0n) is 15.5. The molecule has 27 heavy (non-hydrogen) atoms. The minimum absolute atomic E-state index is 0.0462. The highest BCUT2D eigenvalue weighted by molar-refractivity contribution is 7.80. The molecule has 1 aromatic carbocycles. The third-order valence-corrected chi connectivity index (χ3v) is 5.94. The van der Waals surface area contributed by atoms with Crippen LogP contribution in [-0.4, -0.2) is 21.6 Å². The number of aromatic amines is 1. The highest BCUT2D eigenvalue weighted by atomic mass is 32.1. The maximum absolute atomic E-state index is 13.1. The van der Waals surface area contributed by atoms with E-state index < -0.39 is 0 Å². The Labute approximate surface area is 164 Å². The number of fused-ring (bicyclic) bond motifs is 4. The van der Waals surface area contributed by atoms with Crippen molar-refractivity contribution in [1.29, 1.82) is 0 Å². The Kier molecular flexibility index (Phi) is 4.86. The molecule has 0 saturated heterocycles. The number of hydrogen-bond acceptors (Lipinski definition) is 4. The van der Waals surface area contributed by atoms with Gasteiger partial charge in [0.25, 0.3) is 5.56 Å². The first-order valence-corrected chi connectivity index (χ1v) is 10.1. The third-order valence-electron chi connectivity index (χ3n) is 5.69. The summed E-state index contributed by atoms with van der Waals surface area (Å²) in [4.78, 5) is 20.8. The number of H-pyrrole nitrogens is 1. The van der Waals surface area contributed by atoms with Gasteiger partial charge in [-0.05, 0) is 44.0 Å². The Balaban J connectivity index is 1.78. The van der Waals surface area contributed by atoms with E-state index in [9.17, 15) is 4.79 Å². The van der Waals surface area contributed by atoms with Crippen LogP contribution in [0.5, 0.6) is 0 Å². The Morgan fingerprint density at radius 3 is 2.81 bits per heavy atom. The summed E-state index contributed by atoms with van der Waals surface area (Å²) in [5.74, 6) is 0.377. The first-order valence-electron chi connectivity index (χ1n) is 9.66. The van der Waals surface area contributed by atoms with Crippen LogP contribution in [0.1, 0.15) is 50.2 Å². The van der Waals surface area contributed by atoms with Gasteiger partial charge in [0.15, 0.2) is 5.11 Å². The molecule has 1 heterocycles. The van der Waals surface area contributed by atoms with Crippen molar-refractivity contribution >= 4 is 23.3 Å². The zero-order chi connectivity index (χ0) is 18.9. The summed E-state index contributed by atoms with van der Waals surface area (Å²) < 4.78 is 0. The molecule has 142 valence electrons. The van der Waals surface area contributed by atoms with Crippen LogP contribution >= 0.6 is 12.2 Å². The van der Waals surface area contributed by atoms with Crippen LogP contribution in [0.15, 0.2) is 29.1 Å². The van der Waals surface area contributed by atoms with Crippen molar-refractivity contribution in [2.24, 2.45) is 0 Å². The number of nitrogens with one attached hydrogen (secondary N) is 4. The summed E-state index contributed by atoms with van der Waals surface area (Å²) in [6.45, 7) is 2.69. The smallest absolute Gasteiger partial charge is 0.256 e. The van der Waals surface area contributed by atoms with Crippen LogP contribution in [0.25, 0.3) is 11.3 Å². The number of benzene rings is 1. The fourth-order valence-electron chi connectivity index (χ4n) is 4.55. The number of aromatic nitrogens is 2. The van der Waals surface area contributed by atoms with Gasteiger partial charge in [-0.3, -0.25) is 20.6 Å². The molecule has 7 heteroatoms. The molecule has 1 saturated carbocycles. The maximum Gasteiger partial charge on any atom is 0.256 e. The number of thiocarbonyl (C=S) groups is 1. The van der Waals surface area contributed by atoms with Crippen molar-refractivity contribution in [1.82, 2.24) is 20.7 Å². The topological polar surface area (TPSA) is 81.8 Å². The van der Waals surface area contributed by atoms with Crippen LogP contribution in [0.2, 0.25) is 0 Å². The second-order valence-electron chi connectivity index (χ2n) is 7.42. The molecular formula is C20H25N5OS. The summed E-state index contributed by atoms with van der Waals surface area (Å²) in [7, 11) is 0. The van der Waals surface area contributed by atoms with Crippen molar-refractivity contribution < 1.29 is 0 Å². The lowest BCUT2D eigenvalue weighted by molar-refractivity contribution is 0.285. The van der Waals surface area contributed by atoms with Gasteiger partial charge in [0, 0.05) is 17.5 Å². The second kappa shape index (κ2) is 7.31. The Morgan fingerprint density at radius 1 is 1.26 bits per heavy atom. The normalized spacial score (nSPS) is 16.9. The van der Waals surface area contributed by atoms with Gasteiger partial charge in [0.2, 0.25) is 5.95 Å². The molecule has 2 aliphatic carbocycles. The molecule has 1 fully saturated rings. The van der Waals surface area contributed by atoms with Gasteiger partial charge in [0.1, 0.15) is 0 Å². The number of hydrazine groups is 1. The first-order chi connectivity index (χ1) is 13.1. The van der Waals surface area contributed by atoms with E-state index in [-0.39, 0.29) is 11.0 Å². The predicted molar refractivity (Wildman–Crippen MR) is 112 cm³/mol. The van der Waals surface area contributed by atoms with Gasteiger partial charge < -0.3 is 5.32 Å². The lowest BCUT2D eigenvalue weighted by Crippen LogP contribution is -2.42. The fraction of sp³-hybridized carbons (Fsp3) is 0.450. The van der Waals surface area contributed by atoms with Crippen LogP contribution in [0, 0.1) is 0 Å². The average molecular weight is 384 g/mol. The van der Waals surface area contributed by atoms with Crippen LogP contribution in [0.3, 0.4) is 0 Å². The van der Waals surface area contributed by atoms with Crippen LogP contribution < -0.4 is 21.7 Å². The lowest BCUT2D eigenvalue weighted by atomic mass is 9.62. The van der Waals surface area contributed by atoms with E-state index in [1.54, 1.807) is 0 Å². The molecule has 0 radical (unpaired) electrons. The molecule has 0 unspecified atom stereocenters. The lowest BCUT2D eigenvalue weighted by Gasteiger charge is -2.41. The minimum Gasteiger partial charge on any atom is -0.362 e. The van der Waals surface area contributed by atoms with Gasteiger partial charge in [-0.1, -0.05) is 43.5 Å². The molecule has 1 aromatic heterocycles. The molecule has 2 aromatic rings. The van der Waals surface area contributed by atoms with Crippen molar-refractivity contribution in [2.45, 2.75) is 50.9 Å². The monoisotopic (exact) mass is 383 g/mol. The quantitative estimate of drug-likeness (QED) is 0.482. The average Bonchev–Trinajstić information content (AvgIpc) is 2.67. The van der Waals surface area contributed by atoms with Gasteiger partial charge in [0.05, 0.1) is 11.3 Å². The summed E-state index contributed by atoms with van der Waals surface area (Å²) in [6, 6.07) is 8.32. The summed E-state index contributed by atoms with van der Waals surface area (Å²) in [5.41, 5.74) is 9.67. The van der Waals surface area contributed by atoms with E-state index in [0.29, 0.717) is 11.1 Å². The second-order valence-corrected chi connectivity index (χ2v) is 7.83. The molecule has 6 nitrogen and oxygen atoms in total. The van der Waals surface area contributed by atoms with E-state index in [1.807, 2.05) is 13.0 Å². The van der Waals surface area contributed by atoms with Crippen LogP contribution in [0.4, 0.5) is 5.95 Å². The van der Waals surface area contributed by atoms with Crippen molar-refractivity contribution in [3.05, 3.63) is 45.7 Å². The van der Waals surface area contributed by atoms with Gasteiger partial charge in [-0.2, -0.15) is 0 Å². The van der Waals surface area contributed by atoms with Crippen molar-refractivity contribution in [3.8, 4) is 11.3 Å². The minimum atomic E-state index is -0.0897. The summed E-state index contributed by atoms with van der Waals surface area (Å²) >= 11 is 5.16. The molecule has 2 aliphatic rings. The fourth-order valence-corrected chi connectivity index (χ4v) is 4.75. The number of nitrogens with zero attached hydrogens (tertiary/aromatic N) is 1. The number of hydrogen-bond donors (Lipinski definition) is 4. The number of anilines is 1. The molecule has 0 amide bonds. The third kappa shape index (κ3) is 3.32. The van der Waals surface area contributed by atoms with Gasteiger partial charge in [-0.25, -0.2) is 4.98 Å². The molecule has 1 spiro atoms. The maximum atomic E-state index is 13.1. The van der Waals surface area contributed by atoms with E-state index in [2.05, 4.69) is 39.4 Å². The molecule has 0 atom stereocenters. The Hall–Kier alpha value is -2.41. The standard InChI is InChI=1S/C20H25N5OS/c1-2-21-19(27)25-24-18-22-16-14-9-5-4-8-13(14)12-20(10-6-3-7-11-20)15(16)17(26)23-18/h4-5,8-9H,2-3,6-7,10-12H2,1H3,(H2,21,25,27)(H2,22,23,24,26). The zero-order valence-corrected chi connectivity index (χ0v) is 16.3. The first kappa shape index (κ1) is 18.0. The van der Waals surface area contributed by atoms with Crippen molar-refractivity contribution in [3.63, 3.8) is 0 Å². The Morgan fingerprint density at radius 2 is 2.04 bits per heavy atom. The molecular weight excluding hydrogens is 358 g/mol. The van der Waals surface area contributed by atoms with E-state index in [0.717, 1.165) is 42.6 Å². The van der Waals surface area contributed by atoms with Gasteiger partial charge >= 0.3 is 0 Å². The predicted octanol–water partition coefficient (Wildman–Crippen LogP) is 3.01. The largest absolute Gasteiger partial charge is 0.362 e. The molecule has 0 aliphatic heterocycles. The highest BCUT2D eigenvalue weighted by Crippen LogP contribution is 2.48. The van der Waals surface area contributed by atoms with E-state index in [1.165, 1.54) is 24.8 Å². The van der Waals surface area contributed by atoms with E-state index in [4.69, 9.17) is 17.2 Å².